The summed E-state index contributed by atoms with van der Waals surface area (Å²) in [7, 11) is 0. The molecule has 3 heterocycles. The minimum absolute atomic E-state index is 0.0736. The number of hydrogen-bond acceptors (Lipinski definition) is 5. The largest absolute Gasteiger partial charge is 0.478 e. The van der Waals surface area contributed by atoms with Crippen molar-refractivity contribution in [2.75, 3.05) is 28.6 Å². The van der Waals surface area contributed by atoms with Crippen molar-refractivity contribution < 1.29 is 14.3 Å². The van der Waals surface area contributed by atoms with Crippen molar-refractivity contribution in [3.8, 4) is 5.75 Å². The van der Waals surface area contributed by atoms with E-state index in [1.165, 1.54) is 24.9 Å². The lowest BCUT2D eigenvalue weighted by Gasteiger charge is -2.30. The van der Waals surface area contributed by atoms with Crippen LogP contribution in [0.25, 0.3) is 10.8 Å². The molecule has 0 aliphatic carbocycles. The number of anilines is 3. The molecule has 31 heavy (non-hydrogen) atoms. The third-order valence-corrected chi connectivity index (χ3v) is 5.84. The Kier molecular flexibility index (Phi) is 5.16. The summed E-state index contributed by atoms with van der Waals surface area (Å²) in [5, 5.41) is 7.69. The molecule has 2 aromatic carbocycles. The molecule has 2 aliphatic rings. The first-order valence-corrected chi connectivity index (χ1v) is 10.7. The fourth-order valence-corrected chi connectivity index (χ4v) is 4.29. The Morgan fingerprint density at radius 2 is 1.94 bits per heavy atom. The van der Waals surface area contributed by atoms with Gasteiger partial charge in [0.25, 0.3) is 5.91 Å². The van der Waals surface area contributed by atoms with Gasteiger partial charge in [0, 0.05) is 41.9 Å². The van der Waals surface area contributed by atoms with Gasteiger partial charge in [0.15, 0.2) is 6.10 Å². The number of ether oxygens (including phenoxy) is 1. The summed E-state index contributed by atoms with van der Waals surface area (Å²) in [4.78, 5) is 31.8. The van der Waals surface area contributed by atoms with Crippen LogP contribution >= 0.6 is 0 Å². The monoisotopic (exact) mass is 416 g/mol. The molecule has 1 saturated heterocycles. The van der Waals surface area contributed by atoms with Gasteiger partial charge in [0.1, 0.15) is 5.75 Å². The second-order valence-corrected chi connectivity index (χ2v) is 7.95. The highest BCUT2D eigenvalue weighted by atomic mass is 16.5. The number of carbonyl (C=O) groups is 2. The molecule has 0 bridgehead atoms. The zero-order chi connectivity index (χ0) is 21.2. The standard InChI is InChI=1S/C24H24N4O3/c29-23(14-22-24(30)27-19-6-2-3-7-21(19)31-22)26-18-8-9-20(28-12-4-1-5-13-28)16-10-11-25-15-17(16)18/h2-3,6-11,15,22H,1,4-5,12-14H2,(H,26,29)(H,27,30)/t22-/m1/s1. The van der Waals surface area contributed by atoms with Crippen LogP contribution in [-0.2, 0) is 9.59 Å². The van der Waals surface area contributed by atoms with Crippen molar-refractivity contribution in [3.05, 3.63) is 54.9 Å². The summed E-state index contributed by atoms with van der Waals surface area (Å²) in [6, 6.07) is 13.2. The molecule has 7 nitrogen and oxygen atoms in total. The van der Waals surface area contributed by atoms with Crippen LogP contribution in [0.4, 0.5) is 17.1 Å². The van der Waals surface area contributed by atoms with Crippen molar-refractivity contribution in [1.29, 1.82) is 0 Å². The molecular weight excluding hydrogens is 392 g/mol. The first-order valence-electron chi connectivity index (χ1n) is 10.7. The van der Waals surface area contributed by atoms with E-state index in [4.69, 9.17) is 4.74 Å². The van der Waals surface area contributed by atoms with E-state index < -0.39 is 6.10 Å². The number of amides is 2. The lowest BCUT2D eigenvalue weighted by molar-refractivity contribution is -0.128. The van der Waals surface area contributed by atoms with Crippen molar-refractivity contribution in [2.45, 2.75) is 31.8 Å². The van der Waals surface area contributed by atoms with Gasteiger partial charge in [-0.1, -0.05) is 12.1 Å². The summed E-state index contributed by atoms with van der Waals surface area (Å²) in [6.07, 6.45) is 6.26. The second kappa shape index (κ2) is 8.26. The lowest BCUT2D eigenvalue weighted by atomic mass is 10.0. The van der Waals surface area contributed by atoms with Gasteiger partial charge in [0.05, 0.1) is 17.8 Å². The first-order chi connectivity index (χ1) is 15.2. The normalized spacial score (nSPS) is 18.1. The Hall–Kier alpha value is -3.61. The highest BCUT2D eigenvalue weighted by Gasteiger charge is 2.29. The number of piperidine rings is 1. The Balaban J connectivity index is 1.35. The van der Waals surface area contributed by atoms with E-state index in [1.807, 2.05) is 24.3 Å². The van der Waals surface area contributed by atoms with Gasteiger partial charge in [0.2, 0.25) is 5.91 Å². The molecule has 2 N–H and O–H groups in total. The maximum atomic E-state index is 12.8. The molecule has 0 saturated carbocycles. The minimum atomic E-state index is -0.869. The van der Waals surface area contributed by atoms with Gasteiger partial charge < -0.3 is 20.3 Å². The molecular formula is C24H24N4O3. The molecule has 1 atom stereocenters. The first kappa shape index (κ1) is 19.4. The zero-order valence-corrected chi connectivity index (χ0v) is 17.1. The molecule has 7 heteroatoms. The van der Waals surface area contributed by atoms with Crippen molar-refractivity contribution in [3.63, 3.8) is 0 Å². The molecule has 2 amide bonds. The summed E-state index contributed by atoms with van der Waals surface area (Å²) >= 11 is 0. The van der Waals surface area contributed by atoms with Gasteiger partial charge in [-0.15, -0.1) is 0 Å². The second-order valence-electron chi connectivity index (χ2n) is 7.95. The Morgan fingerprint density at radius 1 is 1.10 bits per heavy atom. The molecule has 1 aromatic heterocycles. The van der Waals surface area contributed by atoms with Gasteiger partial charge in [-0.05, 0) is 49.6 Å². The van der Waals surface area contributed by atoms with Crippen molar-refractivity contribution in [1.82, 2.24) is 4.98 Å². The quantitative estimate of drug-likeness (QED) is 0.673. The highest BCUT2D eigenvalue weighted by Crippen LogP contribution is 2.34. The number of nitrogens with one attached hydrogen (secondary N) is 2. The SMILES string of the molecule is O=C(C[C@H]1Oc2ccccc2NC1=O)Nc1ccc(N2CCCCC2)c2ccncc12. The molecule has 0 radical (unpaired) electrons. The minimum Gasteiger partial charge on any atom is -0.478 e. The highest BCUT2D eigenvalue weighted by molar-refractivity contribution is 6.08. The average molecular weight is 416 g/mol. The van der Waals surface area contributed by atoms with E-state index in [1.54, 1.807) is 24.5 Å². The Labute approximate surface area is 180 Å². The molecule has 158 valence electrons. The van der Waals surface area contributed by atoms with E-state index in [-0.39, 0.29) is 18.2 Å². The number of pyridine rings is 1. The number of rotatable bonds is 4. The predicted octanol–water partition coefficient (Wildman–Crippen LogP) is 3.95. The van der Waals surface area contributed by atoms with Gasteiger partial charge >= 0.3 is 0 Å². The smallest absolute Gasteiger partial charge is 0.266 e. The van der Waals surface area contributed by atoms with Crippen LogP contribution in [0.5, 0.6) is 5.75 Å². The molecule has 5 rings (SSSR count). The predicted molar refractivity (Wildman–Crippen MR) is 121 cm³/mol. The van der Waals surface area contributed by atoms with Crippen LogP contribution in [0.2, 0.25) is 0 Å². The lowest BCUT2D eigenvalue weighted by Crippen LogP contribution is -2.39. The maximum Gasteiger partial charge on any atom is 0.266 e. The number of hydrogen-bond donors (Lipinski definition) is 2. The summed E-state index contributed by atoms with van der Waals surface area (Å²) in [5.41, 5.74) is 2.47. The van der Waals surface area contributed by atoms with Crippen LogP contribution in [-0.4, -0.2) is 36.0 Å². The maximum absolute atomic E-state index is 12.8. The number of fused-ring (bicyclic) bond motifs is 2. The van der Waals surface area contributed by atoms with Crippen LogP contribution in [0, 0.1) is 0 Å². The van der Waals surface area contributed by atoms with E-state index >= 15 is 0 Å². The van der Waals surface area contributed by atoms with E-state index in [0.717, 1.165) is 23.9 Å². The number of carbonyl (C=O) groups excluding carboxylic acids is 2. The third kappa shape index (κ3) is 3.91. The fraction of sp³-hybridized carbons (Fsp3) is 0.292. The van der Waals surface area contributed by atoms with Crippen molar-refractivity contribution in [2.24, 2.45) is 0 Å². The molecule has 3 aromatic rings. The Morgan fingerprint density at radius 3 is 2.81 bits per heavy atom. The fourth-order valence-electron chi connectivity index (χ4n) is 4.29. The number of benzene rings is 2. The topological polar surface area (TPSA) is 83.6 Å². The van der Waals surface area contributed by atoms with E-state index in [2.05, 4.69) is 26.6 Å². The van der Waals surface area contributed by atoms with Crippen LogP contribution in [0.15, 0.2) is 54.9 Å². The number of nitrogens with zero attached hydrogens (tertiary/aromatic N) is 2. The van der Waals surface area contributed by atoms with E-state index in [9.17, 15) is 9.59 Å². The van der Waals surface area contributed by atoms with Crippen molar-refractivity contribution >= 4 is 39.6 Å². The summed E-state index contributed by atoms with van der Waals surface area (Å²) < 4.78 is 5.75. The van der Waals surface area contributed by atoms with Gasteiger partial charge in [-0.25, -0.2) is 0 Å². The molecule has 0 unspecified atom stereocenters. The number of para-hydroxylation sites is 2. The molecule has 1 fully saturated rings. The third-order valence-electron chi connectivity index (χ3n) is 5.84. The van der Waals surface area contributed by atoms with Gasteiger partial charge in [-0.3, -0.25) is 14.6 Å². The van der Waals surface area contributed by atoms with Gasteiger partial charge in [-0.2, -0.15) is 0 Å². The molecule has 2 aliphatic heterocycles. The van der Waals surface area contributed by atoms with Crippen LogP contribution in [0.1, 0.15) is 25.7 Å². The Bertz CT molecular complexity index is 1140. The molecule has 0 spiro atoms. The van der Waals surface area contributed by atoms with Crippen LogP contribution in [0.3, 0.4) is 0 Å². The summed E-state index contributed by atoms with van der Waals surface area (Å²) in [5.74, 6) is -0.0309. The number of aromatic nitrogens is 1. The van der Waals surface area contributed by atoms with Crippen LogP contribution < -0.4 is 20.3 Å². The summed E-state index contributed by atoms with van der Waals surface area (Å²) in [6.45, 7) is 2.08. The average Bonchev–Trinajstić information content (AvgIpc) is 2.80. The zero-order valence-electron chi connectivity index (χ0n) is 17.1. The van der Waals surface area contributed by atoms with E-state index in [0.29, 0.717) is 17.1 Å².